The quantitative estimate of drug-likeness (QED) is 0.819. The van der Waals surface area contributed by atoms with Crippen LogP contribution in [0.2, 0.25) is 0 Å². The zero-order valence-corrected chi connectivity index (χ0v) is 9.87. The van der Waals surface area contributed by atoms with Crippen molar-refractivity contribution < 1.29 is 4.79 Å². The number of nitrogens with one attached hydrogen (secondary N) is 1. The monoisotopic (exact) mass is 209 g/mol. The largest absolute Gasteiger partial charge is 0.352 e. The fourth-order valence-corrected chi connectivity index (χ4v) is 1.31. The molecule has 15 heavy (non-hydrogen) atoms. The molecule has 4 heteroatoms. The lowest BCUT2D eigenvalue weighted by Crippen LogP contribution is -2.26. The van der Waals surface area contributed by atoms with Gasteiger partial charge in [0.2, 0.25) is 5.91 Å². The van der Waals surface area contributed by atoms with E-state index in [-0.39, 0.29) is 11.3 Å². The van der Waals surface area contributed by atoms with Crippen molar-refractivity contribution in [2.24, 2.45) is 12.5 Å². The van der Waals surface area contributed by atoms with Crippen LogP contribution in [0.1, 0.15) is 32.8 Å². The molecule has 0 saturated carbocycles. The Morgan fingerprint density at radius 2 is 2.20 bits per heavy atom. The van der Waals surface area contributed by atoms with Crippen LogP contribution in [0.4, 0.5) is 0 Å². The molecule has 1 N–H and O–H groups in total. The number of carbonyl (C=O) groups excluding carboxylic acids is 1. The summed E-state index contributed by atoms with van der Waals surface area (Å²) in [6.45, 7) is 6.71. The van der Waals surface area contributed by atoms with Crippen molar-refractivity contribution in [3.8, 4) is 0 Å². The molecule has 0 aliphatic heterocycles. The Morgan fingerprint density at radius 3 is 2.67 bits per heavy atom. The molecule has 1 heterocycles. The summed E-state index contributed by atoms with van der Waals surface area (Å²) in [4.78, 5) is 11.5. The molecule has 1 aromatic rings. The van der Waals surface area contributed by atoms with Gasteiger partial charge < -0.3 is 5.32 Å². The molecule has 0 atom stereocenters. The highest BCUT2D eigenvalue weighted by atomic mass is 16.1. The summed E-state index contributed by atoms with van der Waals surface area (Å²) in [5.74, 6) is 0.0892. The van der Waals surface area contributed by atoms with Gasteiger partial charge in [0, 0.05) is 31.8 Å². The van der Waals surface area contributed by atoms with Gasteiger partial charge in [0.05, 0.1) is 6.20 Å². The van der Waals surface area contributed by atoms with Gasteiger partial charge in [-0.1, -0.05) is 20.8 Å². The van der Waals surface area contributed by atoms with Crippen LogP contribution < -0.4 is 5.32 Å². The molecule has 4 nitrogen and oxygen atoms in total. The molecule has 0 aliphatic carbocycles. The maximum absolute atomic E-state index is 11.5. The maximum atomic E-state index is 11.5. The van der Waals surface area contributed by atoms with Crippen LogP contribution in [0.3, 0.4) is 0 Å². The Morgan fingerprint density at radius 1 is 1.53 bits per heavy atom. The summed E-state index contributed by atoms with van der Waals surface area (Å²) < 4.78 is 1.73. The van der Waals surface area contributed by atoms with E-state index in [0.29, 0.717) is 13.0 Å². The zero-order valence-electron chi connectivity index (χ0n) is 9.87. The first-order valence-corrected chi connectivity index (χ1v) is 5.11. The highest BCUT2D eigenvalue weighted by Crippen LogP contribution is 2.17. The number of nitrogens with zero attached hydrogens (tertiary/aromatic N) is 2. The number of aryl methyl sites for hydroxylation is 1. The Bertz CT molecular complexity index is 336. The lowest BCUT2D eigenvalue weighted by atomic mass is 9.92. The van der Waals surface area contributed by atoms with Crippen molar-refractivity contribution in [3.05, 3.63) is 18.0 Å². The van der Waals surface area contributed by atoms with Gasteiger partial charge in [0.1, 0.15) is 0 Å². The van der Waals surface area contributed by atoms with Crippen LogP contribution in [-0.2, 0) is 18.4 Å². The molecule has 0 unspecified atom stereocenters. The highest BCUT2D eigenvalue weighted by molar-refractivity contribution is 5.76. The molecule has 0 radical (unpaired) electrons. The zero-order chi connectivity index (χ0) is 11.5. The molecule has 84 valence electrons. The fourth-order valence-electron chi connectivity index (χ4n) is 1.31. The Balaban J connectivity index is 2.35. The Labute approximate surface area is 90.7 Å². The average Bonchev–Trinajstić information content (AvgIpc) is 2.45. The van der Waals surface area contributed by atoms with Gasteiger partial charge in [-0.05, 0) is 5.41 Å². The maximum Gasteiger partial charge on any atom is 0.220 e. The Kier molecular flexibility index (Phi) is 3.50. The van der Waals surface area contributed by atoms with E-state index in [1.165, 1.54) is 0 Å². The molecule has 1 amide bonds. The van der Waals surface area contributed by atoms with E-state index in [0.717, 1.165) is 5.56 Å². The summed E-state index contributed by atoms with van der Waals surface area (Å²) in [7, 11) is 1.86. The van der Waals surface area contributed by atoms with Crippen LogP contribution in [0, 0.1) is 5.41 Å². The number of aromatic nitrogens is 2. The standard InChI is InChI=1S/C11H19N3O/c1-11(2,3)5-10(15)12-6-9-7-13-14(4)8-9/h7-8H,5-6H2,1-4H3,(H,12,15). The average molecular weight is 209 g/mol. The van der Waals surface area contributed by atoms with Crippen molar-refractivity contribution in [3.63, 3.8) is 0 Å². The minimum Gasteiger partial charge on any atom is -0.352 e. The summed E-state index contributed by atoms with van der Waals surface area (Å²) in [6.07, 6.45) is 4.21. The van der Waals surface area contributed by atoms with E-state index in [1.54, 1.807) is 10.9 Å². The topological polar surface area (TPSA) is 46.9 Å². The third-order valence-corrected chi connectivity index (χ3v) is 1.94. The predicted octanol–water partition coefficient (Wildman–Crippen LogP) is 1.47. The number of hydrogen-bond acceptors (Lipinski definition) is 2. The number of hydrogen-bond donors (Lipinski definition) is 1. The first-order chi connectivity index (χ1) is 6.87. The van der Waals surface area contributed by atoms with E-state index >= 15 is 0 Å². The van der Waals surface area contributed by atoms with Crippen molar-refractivity contribution in [2.45, 2.75) is 33.7 Å². The highest BCUT2D eigenvalue weighted by Gasteiger charge is 2.15. The third-order valence-electron chi connectivity index (χ3n) is 1.94. The predicted molar refractivity (Wildman–Crippen MR) is 59.1 cm³/mol. The minimum absolute atomic E-state index is 0.0407. The molecule has 0 saturated heterocycles. The smallest absolute Gasteiger partial charge is 0.220 e. The van der Waals surface area contributed by atoms with Gasteiger partial charge >= 0.3 is 0 Å². The van der Waals surface area contributed by atoms with Gasteiger partial charge in [-0.25, -0.2) is 0 Å². The second-order valence-electron chi connectivity index (χ2n) is 5.04. The van der Waals surface area contributed by atoms with E-state index in [2.05, 4.69) is 31.2 Å². The minimum atomic E-state index is 0.0407. The van der Waals surface area contributed by atoms with Crippen molar-refractivity contribution in [1.82, 2.24) is 15.1 Å². The lowest BCUT2D eigenvalue weighted by molar-refractivity contribution is -0.122. The normalized spacial score (nSPS) is 11.5. The number of rotatable bonds is 3. The molecule has 0 aromatic carbocycles. The molecule has 0 aliphatic rings. The first-order valence-electron chi connectivity index (χ1n) is 5.11. The lowest BCUT2D eigenvalue weighted by Gasteiger charge is -2.16. The summed E-state index contributed by atoms with van der Waals surface area (Å²) in [5, 5.41) is 6.91. The van der Waals surface area contributed by atoms with Crippen LogP contribution in [0.5, 0.6) is 0 Å². The first kappa shape index (κ1) is 11.8. The van der Waals surface area contributed by atoms with Crippen molar-refractivity contribution in [1.29, 1.82) is 0 Å². The second kappa shape index (κ2) is 4.47. The van der Waals surface area contributed by atoms with Gasteiger partial charge in [-0.3, -0.25) is 9.48 Å². The van der Waals surface area contributed by atoms with E-state index in [1.807, 2.05) is 13.2 Å². The molecule has 0 fully saturated rings. The molecule has 1 rings (SSSR count). The van der Waals surface area contributed by atoms with Crippen LogP contribution in [0.15, 0.2) is 12.4 Å². The fraction of sp³-hybridized carbons (Fsp3) is 0.636. The SMILES string of the molecule is Cn1cc(CNC(=O)CC(C)(C)C)cn1. The summed E-state index contributed by atoms with van der Waals surface area (Å²) in [6, 6.07) is 0. The Hall–Kier alpha value is -1.32. The van der Waals surface area contributed by atoms with Gasteiger partial charge in [-0.2, -0.15) is 5.10 Å². The van der Waals surface area contributed by atoms with Crippen molar-refractivity contribution in [2.75, 3.05) is 0 Å². The summed E-state index contributed by atoms with van der Waals surface area (Å²) >= 11 is 0. The van der Waals surface area contributed by atoms with E-state index in [4.69, 9.17) is 0 Å². The molecular weight excluding hydrogens is 190 g/mol. The molecule has 1 aromatic heterocycles. The second-order valence-corrected chi connectivity index (χ2v) is 5.04. The third kappa shape index (κ3) is 4.63. The summed E-state index contributed by atoms with van der Waals surface area (Å²) in [5.41, 5.74) is 1.07. The van der Waals surface area contributed by atoms with Gasteiger partial charge in [0.25, 0.3) is 0 Å². The van der Waals surface area contributed by atoms with Gasteiger partial charge in [0.15, 0.2) is 0 Å². The van der Waals surface area contributed by atoms with Gasteiger partial charge in [-0.15, -0.1) is 0 Å². The van der Waals surface area contributed by atoms with E-state index < -0.39 is 0 Å². The molecule has 0 bridgehead atoms. The molecule has 0 spiro atoms. The number of amides is 1. The molecular formula is C11H19N3O. The van der Waals surface area contributed by atoms with Crippen LogP contribution >= 0.6 is 0 Å². The van der Waals surface area contributed by atoms with Crippen LogP contribution in [0.25, 0.3) is 0 Å². The number of carbonyl (C=O) groups is 1. The van der Waals surface area contributed by atoms with Crippen molar-refractivity contribution >= 4 is 5.91 Å². The van der Waals surface area contributed by atoms with E-state index in [9.17, 15) is 4.79 Å². The van der Waals surface area contributed by atoms with Crippen LogP contribution in [-0.4, -0.2) is 15.7 Å².